The number of nitrogens with one attached hydrogen (secondary N) is 3. The van der Waals surface area contributed by atoms with Gasteiger partial charge in [0, 0.05) is 35.6 Å². The number of carbonyl (C=O) groups excluding carboxylic acids is 1. The number of para-hydroxylation sites is 1. The van der Waals surface area contributed by atoms with Gasteiger partial charge in [0.05, 0.1) is 19.8 Å². The molecule has 0 saturated heterocycles. The molecule has 164 valence electrons. The lowest BCUT2D eigenvalue weighted by atomic mass is 9.98. The van der Waals surface area contributed by atoms with E-state index < -0.39 is 0 Å². The van der Waals surface area contributed by atoms with Crippen molar-refractivity contribution in [3.63, 3.8) is 0 Å². The number of H-pyrrole nitrogens is 1. The molecule has 6 heteroatoms. The second-order valence-corrected chi connectivity index (χ2v) is 8.00. The van der Waals surface area contributed by atoms with Crippen LogP contribution in [0.25, 0.3) is 10.9 Å². The van der Waals surface area contributed by atoms with Gasteiger partial charge in [-0.3, -0.25) is 4.79 Å². The molecule has 2 aromatic carbocycles. The van der Waals surface area contributed by atoms with Crippen LogP contribution in [0.5, 0.6) is 11.5 Å². The highest BCUT2D eigenvalue weighted by Gasteiger charge is 2.24. The van der Waals surface area contributed by atoms with E-state index in [4.69, 9.17) is 9.47 Å². The normalized spacial score (nSPS) is 15.5. The third-order valence-electron chi connectivity index (χ3n) is 5.86. The van der Waals surface area contributed by atoms with Crippen LogP contribution in [0.1, 0.15) is 30.5 Å². The molecule has 0 radical (unpaired) electrons. The maximum absolute atomic E-state index is 12.5. The molecule has 1 aliphatic rings. The van der Waals surface area contributed by atoms with Gasteiger partial charge >= 0.3 is 0 Å². The Kier molecular flexibility index (Phi) is 6.77. The molecule has 4 rings (SSSR count). The largest absolute Gasteiger partial charge is 0.490 e. The monoisotopic (exact) mass is 422 g/mol. The number of aromatic amines is 1. The molecular weight excluding hydrogens is 390 g/mol. The first-order valence-electron chi connectivity index (χ1n) is 11.2. The lowest BCUT2D eigenvalue weighted by Crippen LogP contribution is -3.12. The molecule has 1 amide bonds. The molecule has 1 aliphatic heterocycles. The maximum Gasteiger partial charge on any atom is 0.275 e. The number of amides is 1. The summed E-state index contributed by atoms with van der Waals surface area (Å²) in [5.41, 5.74) is 4.93. The van der Waals surface area contributed by atoms with Crippen LogP contribution in [-0.4, -0.2) is 43.7 Å². The van der Waals surface area contributed by atoms with Crippen LogP contribution in [0.4, 0.5) is 0 Å². The van der Waals surface area contributed by atoms with Crippen LogP contribution in [0.15, 0.2) is 42.6 Å². The summed E-state index contributed by atoms with van der Waals surface area (Å²) in [7, 11) is 0. The molecule has 6 nitrogen and oxygen atoms in total. The lowest BCUT2D eigenvalue weighted by Gasteiger charge is -2.26. The van der Waals surface area contributed by atoms with E-state index in [9.17, 15) is 4.79 Å². The fourth-order valence-corrected chi connectivity index (χ4v) is 4.36. The van der Waals surface area contributed by atoms with Gasteiger partial charge in [-0.1, -0.05) is 18.2 Å². The highest BCUT2D eigenvalue weighted by Crippen LogP contribution is 2.32. The molecular formula is C25H32N3O3+. The first kappa shape index (κ1) is 21.2. The minimum Gasteiger partial charge on any atom is -0.490 e. The zero-order valence-electron chi connectivity index (χ0n) is 18.4. The summed E-state index contributed by atoms with van der Waals surface area (Å²) in [5.74, 6) is 1.73. The Balaban J connectivity index is 1.31. The first-order valence-corrected chi connectivity index (χ1v) is 11.2. The second-order valence-electron chi connectivity index (χ2n) is 8.00. The van der Waals surface area contributed by atoms with E-state index in [1.807, 2.05) is 32.2 Å². The Hall–Kier alpha value is -2.99. The van der Waals surface area contributed by atoms with Crippen molar-refractivity contribution < 1.29 is 19.2 Å². The standard InChI is InChI=1S/C25H31N3O3/c1-3-30-23-13-18-10-12-28(16-20(18)14-24(23)31-4-2)17-25(29)26-11-9-19-15-27-22-8-6-5-7-21(19)22/h5-8,13-15,27H,3-4,9-12,16-17H2,1-2H3,(H,26,29)/p+1. The van der Waals surface area contributed by atoms with Crippen molar-refractivity contribution in [2.24, 2.45) is 0 Å². The predicted octanol–water partition coefficient (Wildman–Crippen LogP) is 2.27. The van der Waals surface area contributed by atoms with E-state index in [2.05, 4.69) is 34.6 Å². The molecule has 3 N–H and O–H groups in total. The van der Waals surface area contributed by atoms with Crippen LogP contribution in [0.2, 0.25) is 0 Å². The molecule has 31 heavy (non-hydrogen) atoms. The number of aromatic nitrogens is 1. The minimum absolute atomic E-state index is 0.106. The lowest BCUT2D eigenvalue weighted by molar-refractivity contribution is -0.908. The molecule has 1 unspecified atom stereocenters. The van der Waals surface area contributed by atoms with Crippen molar-refractivity contribution in [3.05, 3.63) is 59.3 Å². The molecule has 1 aromatic heterocycles. The molecule has 0 saturated carbocycles. The van der Waals surface area contributed by atoms with E-state index in [0.717, 1.165) is 42.9 Å². The summed E-state index contributed by atoms with van der Waals surface area (Å²) >= 11 is 0. The number of carbonyl (C=O) groups is 1. The van der Waals surface area contributed by atoms with E-state index in [0.29, 0.717) is 26.3 Å². The van der Waals surface area contributed by atoms with Crippen molar-refractivity contribution in [1.29, 1.82) is 0 Å². The van der Waals surface area contributed by atoms with E-state index in [1.54, 1.807) is 0 Å². The molecule has 2 heterocycles. The summed E-state index contributed by atoms with van der Waals surface area (Å²) < 4.78 is 11.5. The third kappa shape index (κ3) is 5.02. The minimum atomic E-state index is 0.106. The van der Waals surface area contributed by atoms with Gasteiger partial charge in [0.15, 0.2) is 18.0 Å². The van der Waals surface area contributed by atoms with Crippen LogP contribution in [-0.2, 0) is 24.2 Å². The molecule has 0 spiro atoms. The number of ether oxygens (including phenoxy) is 2. The van der Waals surface area contributed by atoms with Crippen LogP contribution in [0.3, 0.4) is 0 Å². The van der Waals surface area contributed by atoms with Crippen molar-refractivity contribution in [2.45, 2.75) is 33.2 Å². The molecule has 0 fully saturated rings. The summed E-state index contributed by atoms with van der Waals surface area (Å²) in [5, 5.41) is 4.32. The number of hydrogen-bond donors (Lipinski definition) is 3. The van der Waals surface area contributed by atoms with Crippen LogP contribution < -0.4 is 19.7 Å². The van der Waals surface area contributed by atoms with Crippen molar-refractivity contribution in [2.75, 3.05) is 32.8 Å². The van der Waals surface area contributed by atoms with E-state index in [1.165, 1.54) is 27.0 Å². The van der Waals surface area contributed by atoms with Gasteiger partial charge in [-0.05, 0) is 49.6 Å². The van der Waals surface area contributed by atoms with Crippen molar-refractivity contribution in [3.8, 4) is 11.5 Å². The smallest absolute Gasteiger partial charge is 0.275 e. The van der Waals surface area contributed by atoms with Crippen molar-refractivity contribution in [1.82, 2.24) is 10.3 Å². The summed E-state index contributed by atoms with van der Waals surface area (Å²) in [6, 6.07) is 12.5. The van der Waals surface area contributed by atoms with Gasteiger partial charge in [0.2, 0.25) is 0 Å². The Labute approximate surface area is 183 Å². The number of hydrogen-bond acceptors (Lipinski definition) is 3. The number of fused-ring (bicyclic) bond motifs is 2. The quantitative estimate of drug-likeness (QED) is 0.496. The Bertz CT molecular complexity index is 1040. The fraction of sp³-hybridized carbons (Fsp3) is 0.400. The topological polar surface area (TPSA) is 67.8 Å². The Morgan fingerprint density at radius 2 is 1.84 bits per heavy atom. The third-order valence-corrected chi connectivity index (χ3v) is 5.86. The summed E-state index contributed by atoms with van der Waals surface area (Å²) in [6.07, 6.45) is 3.81. The van der Waals surface area contributed by atoms with Gasteiger partial charge in [-0.15, -0.1) is 0 Å². The van der Waals surface area contributed by atoms with Gasteiger partial charge in [-0.25, -0.2) is 0 Å². The average molecular weight is 423 g/mol. The molecule has 0 bridgehead atoms. The number of benzene rings is 2. The molecule has 3 aromatic rings. The van der Waals surface area contributed by atoms with E-state index >= 15 is 0 Å². The maximum atomic E-state index is 12.5. The van der Waals surface area contributed by atoms with Crippen LogP contribution in [0, 0.1) is 0 Å². The van der Waals surface area contributed by atoms with Gasteiger partial charge in [-0.2, -0.15) is 0 Å². The zero-order valence-corrected chi connectivity index (χ0v) is 18.4. The van der Waals surface area contributed by atoms with Crippen molar-refractivity contribution >= 4 is 16.8 Å². The molecule has 0 aliphatic carbocycles. The van der Waals surface area contributed by atoms with E-state index in [-0.39, 0.29) is 5.91 Å². The average Bonchev–Trinajstić information content (AvgIpc) is 3.18. The second kappa shape index (κ2) is 9.88. The zero-order chi connectivity index (χ0) is 21.6. The summed E-state index contributed by atoms with van der Waals surface area (Å²) in [6.45, 7) is 8.11. The van der Waals surface area contributed by atoms with Gasteiger partial charge < -0.3 is 24.7 Å². The Morgan fingerprint density at radius 3 is 2.61 bits per heavy atom. The number of rotatable bonds is 9. The SMILES string of the molecule is CCOc1cc2c(cc1OCC)C[NH+](CC(=O)NCCc1c[nH]c3ccccc13)CC2. The highest BCUT2D eigenvalue weighted by atomic mass is 16.5. The fourth-order valence-electron chi connectivity index (χ4n) is 4.36. The predicted molar refractivity (Wildman–Crippen MR) is 122 cm³/mol. The summed E-state index contributed by atoms with van der Waals surface area (Å²) in [4.78, 5) is 17.1. The van der Waals surface area contributed by atoms with Gasteiger partial charge in [0.25, 0.3) is 5.91 Å². The van der Waals surface area contributed by atoms with Gasteiger partial charge in [0.1, 0.15) is 6.54 Å². The van der Waals surface area contributed by atoms with Crippen LogP contribution >= 0.6 is 0 Å². The first-order chi connectivity index (χ1) is 15.2. The Morgan fingerprint density at radius 1 is 1.10 bits per heavy atom. The molecule has 1 atom stereocenters. The number of quaternary nitrogens is 1. The highest BCUT2D eigenvalue weighted by molar-refractivity contribution is 5.83.